The summed E-state index contributed by atoms with van der Waals surface area (Å²) in [6, 6.07) is 4.79. The summed E-state index contributed by atoms with van der Waals surface area (Å²) in [5.41, 5.74) is 0.488. The molecule has 0 aliphatic carbocycles. The van der Waals surface area contributed by atoms with Crippen molar-refractivity contribution in [3.63, 3.8) is 0 Å². The molecular weight excluding hydrogens is 282 g/mol. The predicted molar refractivity (Wildman–Crippen MR) is 74.6 cm³/mol. The van der Waals surface area contributed by atoms with Crippen LogP contribution in [0.25, 0.3) is 0 Å². The molecule has 0 aliphatic heterocycles. The van der Waals surface area contributed by atoms with Crippen molar-refractivity contribution in [3.05, 3.63) is 33.8 Å². The molecule has 96 valence electrons. The molecule has 0 aromatic heterocycles. The van der Waals surface area contributed by atoms with Crippen LogP contribution >= 0.6 is 35.6 Å². The molecule has 6 heteroatoms. The molecule has 0 saturated heterocycles. The first-order chi connectivity index (χ1) is 7.63. The van der Waals surface area contributed by atoms with E-state index in [9.17, 15) is 4.79 Å². The van der Waals surface area contributed by atoms with Crippen LogP contribution in [0.15, 0.2) is 18.2 Å². The fourth-order valence-corrected chi connectivity index (χ4v) is 1.78. The largest absolute Gasteiger partial charge is 0.352 e. The third-order valence-electron chi connectivity index (χ3n) is 2.01. The molecule has 0 bridgehead atoms. The summed E-state index contributed by atoms with van der Waals surface area (Å²) in [5.74, 6) is -0.152. The second-order valence-corrected chi connectivity index (χ2v) is 4.24. The number of hydrogen-bond donors (Lipinski definition) is 2. The Morgan fingerprint density at radius 2 is 1.76 bits per heavy atom. The Kier molecular flexibility index (Phi) is 8.35. The van der Waals surface area contributed by atoms with E-state index in [4.69, 9.17) is 23.2 Å². The summed E-state index contributed by atoms with van der Waals surface area (Å²) < 4.78 is 0. The second-order valence-electron chi connectivity index (χ2n) is 3.37. The number of halogens is 3. The van der Waals surface area contributed by atoms with Crippen LogP contribution in [0.5, 0.6) is 0 Å². The summed E-state index contributed by atoms with van der Waals surface area (Å²) in [4.78, 5) is 11.7. The molecule has 2 N–H and O–H groups in total. The molecule has 0 aliphatic rings. The van der Waals surface area contributed by atoms with Crippen LogP contribution in [0.4, 0.5) is 0 Å². The first-order valence-corrected chi connectivity index (χ1v) is 5.78. The van der Waals surface area contributed by atoms with Gasteiger partial charge in [0.2, 0.25) is 0 Å². The maximum atomic E-state index is 11.7. The van der Waals surface area contributed by atoms with E-state index >= 15 is 0 Å². The lowest BCUT2D eigenvalue weighted by Crippen LogP contribution is -2.26. The van der Waals surface area contributed by atoms with Crippen molar-refractivity contribution in [3.8, 4) is 0 Å². The average Bonchev–Trinajstić information content (AvgIpc) is 2.22. The smallest absolute Gasteiger partial charge is 0.251 e. The van der Waals surface area contributed by atoms with Crippen LogP contribution in [-0.4, -0.2) is 26.0 Å². The van der Waals surface area contributed by atoms with Crippen LogP contribution in [-0.2, 0) is 0 Å². The van der Waals surface area contributed by atoms with Gasteiger partial charge in [-0.05, 0) is 38.2 Å². The normalized spacial score (nSPS) is 9.59. The Balaban J connectivity index is 0.00000256. The van der Waals surface area contributed by atoms with Crippen LogP contribution in [0.3, 0.4) is 0 Å². The molecule has 0 atom stereocenters. The number of carbonyl (C=O) groups excluding carboxylic acids is 1. The lowest BCUT2D eigenvalue weighted by atomic mass is 10.2. The van der Waals surface area contributed by atoms with Gasteiger partial charge in [-0.2, -0.15) is 0 Å². The van der Waals surface area contributed by atoms with E-state index in [0.717, 1.165) is 13.0 Å². The van der Waals surface area contributed by atoms with Gasteiger partial charge in [-0.1, -0.05) is 23.2 Å². The predicted octanol–water partition coefficient (Wildman–Crippen LogP) is 2.75. The van der Waals surface area contributed by atoms with E-state index in [1.165, 1.54) is 0 Å². The fourth-order valence-electron chi connectivity index (χ4n) is 1.25. The summed E-state index contributed by atoms with van der Waals surface area (Å²) >= 11 is 11.6. The van der Waals surface area contributed by atoms with Crippen LogP contribution < -0.4 is 10.6 Å². The molecule has 1 rings (SSSR count). The molecule has 1 amide bonds. The quantitative estimate of drug-likeness (QED) is 0.821. The highest BCUT2D eigenvalue weighted by molar-refractivity contribution is 6.35. The molecule has 0 fully saturated rings. The zero-order chi connectivity index (χ0) is 12.0. The minimum Gasteiger partial charge on any atom is -0.352 e. The molecule has 0 radical (unpaired) electrons. The van der Waals surface area contributed by atoms with Gasteiger partial charge in [-0.3, -0.25) is 4.79 Å². The van der Waals surface area contributed by atoms with Crippen LogP contribution in [0.1, 0.15) is 16.8 Å². The third-order valence-corrected chi connectivity index (χ3v) is 2.45. The SMILES string of the molecule is CNCCCNC(=O)c1cc(Cl)cc(Cl)c1.Cl. The van der Waals surface area contributed by atoms with Gasteiger partial charge in [0.05, 0.1) is 0 Å². The van der Waals surface area contributed by atoms with E-state index in [2.05, 4.69) is 10.6 Å². The zero-order valence-electron chi connectivity index (χ0n) is 9.43. The molecule has 0 saturated carbocycles. The van der Waals surface area contributed by atoms with Gasteiger partial charge in [0.15, 0.2) is 0 Å². The highest BCUT2D eigenvalue weighted by Gasteiger charge is 2.06. The Labute approximate surface area is 117 Å². The number of nitrogens with one attached hydrogen (secondary N) is 2. The van der Waals surface area contributed by atoms with Gasteiger partial charge in [-0.25, -0.2) is 0 Å². The Morgan fingerprint density at radius 1 is 1.18 bits per heavy atom. The van der Waals surface area contributed by atoms with Crippen molar-refractivity contribution < 1.29 is 4.79 Å². The van der Waals surface area contributed by atoms with Crippen molar-refractivity contribution in [1.82, 2.24) is 10.6 Å². The van der Waals surface area contributed by atoms with Crippen molar-refractivity contribution in [1.29, 1.82) is 0 Å². The Hall–Kier alpha value is -0.480. The second kappa shape index (κ2) is 8.59. The maximum absolute atomic E-state index is 11.7. The van der Waals surface area contributed by atoms with Gasteiger partial charge in [0.1, 0.15) is 0 Å². The van der Waals surface area contributed by atoms with Crippen molar-refractivity contribution in [2.75, 3.05) is 20.1 Å². The van der Waals surface area contributed by atoms with E-state index in [1.54, 1.807) is 18.2 Å². The Bertz CT molecular complexity index is 351. The van der Waals surface area contributed by atoms with Gasteiger partial charge in [0, 0.05) is 22.2 Å². The zero-order valence-corrected chi connectivity index (χ0v) is 11.8. The molecule has 1 aromatic rings. The van der Waals surface area contributed by atoms with Gasteiger partial charge in [0.25, 0.3) is 5.91 Å². The van der Waals surface area contributed by atoms with Gasteiger partial charge >= 0.3 is 0 Å². The molecule has 0 heterocycles. The summed E-state index contributed by atoms with van der Waals surface area (Å²) in [6.45, 7) is 1.50. The van der Waals surface area contributed by atoms with Crippen molar-refractivity contribution in [2.45, 2.75) is 6.42 Å². The fraction of sp³-hybridized carbons (Fsp3) is 0.364. The molecular formula is C11H15Cl3N2O. The van der Waals surface area contributed by atoms with Gasteiger partial charge in [-0.15, -0.1) is 12.4 Å². The standard InChI is InChI=1S/C11H14Cl2N2O.ClH/c1-14-3-2-4-15-11(16)8-5-9(12)7-10(13)6-8;/h5-7,14H,2-4H2,1H3,(H,15,16);1H. The molecule has 0 unspecified atom stereocenters. The molecule has 3 nitrogen and oxygen atoms in total. The first kappa shape index (κ1) is 16.5. The van der Waals surface area contributed by atoms with E-state index in [-0.39, 0.29) is 18.3 Å². The number of hydrogen-bond acceptors (Lipinski definition) is 2. The highest BCUT2D eigenvalue weighted by Crippen LogP contribution is 2.18. The summed E-state index contributed by atoms with van der Waals surface area (Å²) in [7, 11) is 1.87. The molecule has 0 spiro atoms. The Morgan fingerprint density at radius 3 is 2.29 bits per heavy atom. The topological polar surface area (TPSA) is 41.1 Å². The third kappa shape index (κ3) is 6.13. The highest BCUT2D eigenvalue weighted by atomic mass is 35.5. The maximum Gasteiger partial charge on any atom is 0.251 e. The van der Waals surface area contributed by atoms with Crippen LogP contribution in [0, 0.1) is 0 Å². The van der Waals surface area contributed by atoms with Crippen molar-refractivity contribution >= 4 is 41.5 Å². The number of rotatable bonds is 5. The van der Waals surface area contributed by atoms with E-state index < -0.39 is 0 Å². The summed E-state index contributed by atoms with van der Waals surface area (Å²) in [5, 5.41) is 6.73. The average molecular weight is 298 g/mol. The molecule has 17 heavy (non-hydrogen) atoms. The van der Waals surface area contributed by atoms with Crippen molar-refractivity contribution in [2.24, 2.45) is 0 Å². The lowest BCUT2D eigenvalue weighted by molar-refractivity contribution is 0.0953. The number of amides is 1. The lowest BCUT2D eigenvalue weighted by Gasteiger charge is -2.05. The minimum absolute atomic E-state index is 0. The first-order valence-electron chi connectivity index (χ1n) is 5.02. The van der Waals surface area contributed by atoms with Crippen LogP contribution in [0.2, 0.25) is 10.0 Å². The van der Waals surface area contributed by atoms with Gasteiger partial charge < -0.3 is 10.6 Å². The van der Waals surface area contributed by atoms with E-state index in [0.29, 0.717) is 22.2 Å². The number of carbonyl (C=O) groups is 1. The number of benzene rings is 1. The van der Waals surface area contributed by atoms with E-state index in [1.807, 2.05) is 7.05 Å². The monoisotopic (exact) mass is 296 g/mol. The minimum atomic E-state index is -0.152. The summed E-state index contributed by atoms with van der Waals surface area (Å²) in [6.07, 6.45) is 0.885. The molecule has 1 aromatic carbocycles.